The van der Waals surface area contributed by atoms with Crippen LogP contribution in [0.25, 0.3) is 0 Å². The van der Waals surface area contributed by atoms with Crippen LogP contribution in [-0.2, 0) is 11.3 Å². The topological polar surface area (TPSA) is 29.5 Å². The maximum atomic E-state index is 9.34. The van der Waals surface area contributed by atoms with E-state index in [0.717, 1.165) is 11.1 Å². The molecule has 1 rings (SSSR count). The number of hydrogen-bond acceptors (Lipinski definition) is 2. The normalized spacial score (nSPS) is 10.0. The van der Waals surface area contributed by atoms with Crippen LogP contribution >= 0.6 is 0 Å². The van der Waals surface area contributed by atoms with Crippen LogP contribution in [0.1, 0.15) is 11.1 Å². The van der Waals surface area contributed by atoms with E-state index in [2.05, 4.69) is 0 Å². The lowest BCUT2D eigenvalue weighted by molar-refractivity contribution is 0.181. The first kappa shape index (κ1) is 8.08. The molecule has 0 aliphatic heterocycles. The molecule has 0 radical (unpaired) electrons. The molecule has 2 heteroatoms. The number of phenolic OH excluding ortho intramolecular Hbond substituents is 1. The molecule has 1 aromatic rings. The van der Waals surface area contributed by atoms with Crippen molar-refractivity contribution in [2.75, 3.05) is 7.11 Å². The fourth-order valence-corrected chi connectivity index (χ4v) is 1.02. The zero-order valence-corrected chi connectivity index (χ0v) is 6.79. The monoisotopic (exact) mass is 152 g/mol. The van der Waals surface area contributed by atoms with Gasteiger partial charge in [0.1, 0.15) is 5.75 Å². The third-order valence-electron chi connectivity index (χ3n) is 1.67. The molecule has 60 valence electrons. The maximum absolute atomic E-state index is 9.34. The Labute approximate surface area is 66.4 Å². The molecule has 0 bridgehead atoms. The van der Waals surface area contributed by atoms with Crippen LogP contribution in [0.15, 0.2) is 18.2 Å². The predicted octanol–water partition coefficient (Wildman–Crippen LogP) is 1.85. The number of aromatic hydroxyl groups is 1. The minimum Gasteiger partial charge on any atom is -0.508 e. The molecule has 1 aromatic carbocycles. The second-order valence-corrected chi connectivity index (χ2v) is 2.51. The van der Waals surface area contributed by atoms with E-state index in [1.165, 1.54) is 0 Å². The summed E-state index contributed by atoms with van der Waals surface area (Å²) in [5.74, 6) is 0.312. The Morgan fingerprint density at radius 3 is 2.73 bits per heavy atom. The van der Waals surface area contributed by atoms with Crippen molar-refractivity contribution >= 4 is 0 Å². The highest BCUT2D eigenvalue weighted by atomic mass is 16.5. The quantitative estimate of drug-likeness (QED) is 0.700. The number of benzene rings is 1. The standard InChI is InChI=1S/C9H12O2/c1-7-4-3-5-9(10)8(7)6-11-2/h3-5,10H,6H2,1-2H3. The fraction of sp³-hybridized carbons (Fsp3) is 0.333. The minimum absolute atomic E-state index is 0.312. The highest BCUT2D eigenvalue weighted by molar-refractivity contribution is 5.37. The zero-order valence-electron chi connectivity index (χ0n) is 6.79. The highest BCUT2D eigenvalue weighted by Gasteiger charge is 2.01. The molecule has 0 saturated heterocycles. The van der Waals surface area contributed by atoms with Crippen molar-refractivity contribution < 1.29 is 9.84 Å². The average Bonchev–Trinajstić information content (AvgIpc) is 1.97. The molecule has 0 fully saturated rings. The Kier molecular flexibility index (Phi) is 2.49. The van der Waals surface area contributed by atoms with Gasteiger partial charge in [-0.25, -0.2) is 0 Å². The summed E-state index contributed by atoms with van der Waals surface area (Å²) in [5, 5.41) is 9.34. The largest absolute Gasteiger partial charge is 0.508 e. The molecule has 0 heterocycles. The van der Waals surface area contributed by atoms with Gasteiger partial charge in [-0.2, -0.15) is 0 Å². The summed E-state index contributed by atoms with van der Waals surface area (Å²) in [6.45, 7) is 2.42. The van der Waals surface area contributed by atoms with Crippen molar-refractivity contribution in [3.05, 3.63) is 29.3 Å². The van der Waals surface area contributed by atoms with Crippen LogP contribution in [0.5, 0.6) is 5.75 Å². The van der Waals surface area contributed by atoms with Crippen LogP contribution in [0.4, 0.5) is 0 Å². The van der Waals surface area contributed by atoms with Gasteiger partial charge in [0, 0.05) is 12.7 Å². The summed E-state index contributed by atoms with van der Waals surface area (Å²) in [5.41, 5.74) is 1.93. The first-order chi connectivity index (χ1) is 5.25. The summed E-state index contributed by atoms with van der Waals surface area (Å²) in [4.78, 5) is 0. The molecule has 1 N–H and O–H groups in total. The van der Waals surface area contributed by atoms with Gasteiger partial charge in [-0.1, -0.05) is 12.1 Å². The van der Waals surface area contributed by atoms with Crippen molar-refractivity contribution in [2.45, 2.75) is 13.5 Å². The van der Waals surface area contributed by atoms with Gasteiger partial charge in [-0.15, -0.1) is 0 Å². The third-order valence-corrected chi connectivity index (χ3v) is 1.67. The fourth-order valence-electron chi connectivity index (χ4n) is 1.02. The molecule has 0 unspecified atom stereocenters. The van der Waals surface area contributed by atoms with Crippen molar-refractivity contribution in [1.29, 1.82) is 0 Å². The summed E-state index contributed by atoms with van der Waals surface area (Å²) < 4.78 is 4.93. The van der Waals surface area contributed by atoms with Gasteiger partial charge in [0.15, 0.2) is 0 Å². The predicted molar refractivity (Wildman–Crippen MR) is 43.6 cm³/mol. The second-order valence-electron chi connectivity index (χ2n) is 2.51. The SMILES string of the molecule is COCc1c(C)cccc1O. The number of ether oxygens (including phenoxy) is 1. The Bertz CT molecular complexity index is 223. The molecule has 11 heavy (non-hydrogen) atoms. The summed E-state index contributed by atoms with van der Waals surface area (Å²) in [6, 6.07) is 5.44. The molecule has 0 aliphatic rings. The first-order valence-corrected chi connectivity index (χ1v) is 3.52. The van der Waals surface area contributed by atoms with Gasteiger partial charge in [0.25, 0.3) is 0 Å². The van der Waals surface area contributed by atoms with E-state index in [9.17, 15) is 5.11 Å². The molecular weight excluding hydrogens is 140 g/mol. The maximum Gasteiger partial charge on any atom is 0.121 e. The summed E-state index contributed by atoms with van der Waals surface area (Å²) in [6.07, 6.45) is 0. The van der Waals surface area contributed by atoms with Crippen LogP contribution < -0.4 is 0 Å². The van der Waals surface area contributed by atoms with E-state index in [1.807, 2.05) is 19.1 Å². The van der Waals surface area contributed by atoms with Crippen LogP contribution in [-0.4, -0.2) is 12.2 Å². The second kappa shape index (κ2) is 3.39. The summed E-state index contributed by atoms with van der Waals surface area (Å²) in [7, 11) is 1.62. The number of phenols is 1. The molecule has 0 aliphatic carbocycles. The van der Waals surface area contributed by atoms with Gasteiger partial charge in [-0.05, 0) is 18.6 Å². The molecule has 2 nitrogen and oxygen atoms in total. The lowest BCUT2D eigenvalue weighted by Crippen LogP contribution is -1.91. The van der Waals surface area contributed by atoms with Crippen molar-refractivity contribution in [2.24, 2.45) is 0 Å². The smallest absolute Gasteiger partial charge is 0.121 e. The lowest BCUT2D eigenvalue weighted by atomic mass is 10.1. The lowest BCUT2D eigenvalue weighted by Gasteiger charge is -2.05. The Balaban J connectivity index is 3.00. The van der Waals surface area contributed by atoms with Crippen molar-refractivity contribution in [1.82, 2.24) is 0 Å². The van der Waals surface area contributed by atoms with Gasteiger partial charge < -0.3 is 9.84 Å². The van der Waals surface area contributed by atoms with Crippen molar-refractivity contribution in [3.63, 3.8) is 0 Å². The van der Waals surface area contributed by atoms with Crippen LogP contribution in [0.2, 0.25) is 0 Å². The number of rotatable bonds is 2. The number of methoxy groups -OCH3 is 1. The molecular formula is C9H12O2. The Hall–Kier alpha value is -1.02. The van der Waals surface area contributed by atoms with Crippen molar-refractivity contribution in [3.8, 4) is 5.75 Å². The van der Waals surface area contributed by atoms with E-state index >= 15 is 0 Å². The molecule has 0 amide bonds. The van der Waals surface area contributed by atoms with E-state index in [0.29, 0.717) is 12.4 Å². The van der Waals surface area contributed by atoms with Crippen LogP contribution in [0, 0.1) is 6.92 Å². The third kappa shape index (κ3) is 1.71. The average molecular weight is 152 g/mol. The number of hydrogen-bond donors (Lipinski definition) is 1. The van der Waals surface area contributed by atoms with E-state index in [1.54, 1.807) is 13.2 Å². The first-order valence-electron chi connectivity index (χ1n) is 3.52. The van der Waals surface area contributed by atoms with Gasteiger partial charge in [-0.3, -0.25) is 0 Å². The Morgan fingerprint density at radius 2 is 2.18 bits per heavy atom. The molecule has 0 saturated carbocycles. The van der Waals surface area contributed by atoms with Crippen LogP contribution in [0.3, 0.4) is 0 Å². The van der Waals surface area contributed by atoms with Gasteiger partial charge in [0.2, 0.25) is 0 Å². The summed E-state index contributed by atoms with van der Waals surface area (Å²) >= 11 is 0. The molecule has 0 spiro atoms. The molecule has 0 atom stereocenters. The van der Waals surface area contributed by atoms with E-state index < -0.39 is 0 Å². The van der Waals surface area contributed by atoms with Gasteiger partial charge >= 0.3 is 0 Å². The number of aryl methyl sites for hydroxylation is 1. The van der Waals surface area contributed by atoms with Gasteiger partial charge in [0.05, 0.1) is 6.61 Å². The van der Waals surface area contributed by atoms with E-state index in [-0.39, 0.29) is 0 Å². The minimum atomic E-state index is 0.312. The Morgan fingerprint density at radius 1 is 1.45 bits per heavy atom. The zero-order chi connectivity index (χ0) is 8.27. The van der Waals surface area contributed by atoms with E-state index in [4.69, 9.17) is 4.74 Å². The molecule has 0 aromatic heterocycles. The highest BCUT2D eigenvalue weighted by Crippen LogP contribution is 2.20.